The Labute approximate surface area is 99.6 Å². The molecular formula is C13H26N2O. The van der Waals surface area contributed by atoms with Crippen molar-refractivity contribution in [1.82, 2.24) is 10.2 Å². The van der Waals surface area contributed by atoms with Crippen LogP contribution in [-0.2, 0) is 4.79 Å². The zero-order valence-corrected chi connectivity index (χ0v) is 11.2. The Bertz CT molecular complexity index is 234. The molecule has 1 aliphatic heterocycles. The summed E-state index contributed by atoms with van der Waals surface area (Å²) in [6.07, 6.45) is 4.16. The highest BCUT2D eigenvalue weighted by molar-refractivity contribution is 5.82. The minimum Gasteiger partial charge on any atom is -0.343 e. The van der Waals surface area contributed by atoms with Crippen molar-refractivity contribution >= 4 is 5.91 Å². The number of hydrogen-bond donors (Lipinski definition) is 1. The number of nitrogens with zero attached hydrogens (tertiary/aromatic N) is 1. The molecule has 16 heavy (non-hydrogen) atoms. The van der Waals surface area contributed by atoms with E-state index < -0.39 is 0 Å². The second-order valence-electron chi connectivity index (χ2n) is 5.36. The van der Waals surface area contributed by atoms with Crippen molar-refractivity contribution in [2.24, 2.45) is 5.41 Å². The van der Waals surface area contributed by atoms with Gasteiger partial charge in [-0.2, -0.15) is 0 Å². The number of hydrogen-bond acceptors (Lipinski definition) is 2. The zero-order chi connectivity index (χ0) is 12.2. The average Bonchev–Trinajstić information content (AvgIpc) is 2.28. The third kappa shape index (κ3) is 2.97. The summed E-state index contributed by atoms with van der Waals surface area (Å²) in [4.78, 5) is 14.4. The van der Waals surface area contributed by atoms with Crippen LogP contribution in [0.15, 0.2) is 0 Å². The van der Waals surface area contributed by atoms with E-state index in [1.807, 2.05) is 11.9 Å². The van der Waals surface area contributed by atoms with Crippen LogP contribution >= 0.6 is 0 Å². The molecule has 1 unspecified atom stereocenters. The molecule has 0 aromatic rings. The highest BCUT2D eigenvalue weighted by Crippen LogP contribution is 2.30. The Balaban J connectivity index is 2.61. The van der Waals surface area contributed by atoms with Crippen molar-refractivity contribution in [2.45, 2.75) is 52.5 Å². The molecule has 1 saturated heterocycles. The fourth-order valence-electron chi connectivity index (χ4n) is 2.43. The van der Waals surface area contributed by atoms with Crippen LogP contribution in [0.1, 0.15) is 46.5 Å². The van der Waals surface area contributed by atoms with Crippen molar-refractivity contribution in [3.8, 4) is 0 Å². The highest BCUT2D eigenvalue weighted by Gasteiger charge is 2.37. The normalized spacial score (nSPS) is 21.5. The quantitative estimate of drug-likeness (QED) is 0.795. The molecule has 1 rings (SSSR count). The first-order valence-corrected chi connectivity index (χ1v) is 6.49. The van der Waals surface area contributed by atoms with Crippen molar-refractivity contribution in [1.29, 1.82) is 0 Å². The summed E-state index contributed by atoms with van der Waals surface area (Å²) in [6.45, 7) is 8.37. The minimum atomic E-state index is -0.137. The van der Waals surface area contributed by atoms with Crippen LogP contribution in [0.5, 0.6) is 0 Å². The van der Waals surface area contributed by atoms with Crippen LogP contribution in [0.2, 0.25) is 0 Å². The smallest absolute Gasteiger partial charge is 0.228 e. The maximum atomic E-state index is 12.4. The Kier molecular flexibility index (Phi) is 4.78. The number of piperidine rings is 1. The van der Waals surface area contributed by atoms with Gasteiger partial charge in [-0.1, -0.05) is 20.3 Å². The van der Waals surface area contributed by atoms with Gasteiger partial charge >= 0.3 is 0 Å². The molecule has 0 radical (unpaired) electrons. The van der Waals surface area contributed by atoms with Gasteiger partial charge in [0.2, 0.25) is 5.91 Å². The number of rotatable bonds is 4. The summed E-state index contributed by atoms with van der Waals surface area (Å²) in [5.41, 5.74) is -0.137. The van der Waals surface area contributed by atoms with Gasteiger partial charge in [0, 0.05) is 18.5 Å². The number of carbonyl (C=O) groups is 1. The Hall–Kier alpha value is -0.570. The molecule has 0 aromatic carbocycles. The van der Waals surface area contributed by atoms with Crippen molar-refractivity contribution in [3.05, 3.63) is 0 Å². The van der Waals surface area contributed by atoms with Crippen molar-refractivity contribution in [3.63, 3.8) is 0 Å². The van der Waals surface area contributed by atoms with Gasteiger partial charge < -0.3 is 10.2 Å². The molecule has 0 aromatic heterocycles. The minimum absolute atomic E-state index is 0.137. The number of nitrogens with one attached hydrogen (secondary N) is 1. The van der Waals surface area contributed by atoms with Crippen LogP contribution in [0.3, 0.4) is 0 Å². The summed E-state index contributed by atoms with van der Waals surface area (Å²) in [6, 6.07) is 0.365. The SMILES string of the molecule is CCCC(C)N(C)C(=O)C1(C)CCNCC1. The van der Waals surface area contributed by atoms with E-state index in [-0.39, 0.29) is 5.41 Å². The Morgan fingerprint density at radius 3 is 2.50 bits per heavy atom. The lowest BCUT2D eigenvalue weighted by Gasteiger charge is -2.38. The van der Waals surface area contributed by atoms with Crippen LogP contribution < -0.4 is 5.32 Å². The Morgan fingerprint density at radius 1 is 1.44 bits per heavy atom. The predicted molar refractivity (Wildman–Crippen MR) is 67.4 cm³/mol. The van der Waals surface area contributed by atoms with E-state index in [1.54, 1.807) is 0 Å². The lowest BCUT2D eigenvalue weighted by atomic mass is 9.79. The van der Waals surface area contributed by atoms with Gasteiger partial charge in [-0.15, -0.1) is 0 Å². The monoisotopic (exact) mass is 226 g/mol. The van der Waals surface area contributed by atoms with Gasteiger partial charge in [-0.25, -0.2) is 0 Å². The predicted octanol–water partition coefficient (Wildman–Crippen LogP) is 2.02. The summed E-state index contributed by atoms with van der Waals surface area (Å²) in [7, 11) is 1.95. The van der Waals surface area contributed by atoms with E-state index in [2.05, 4.69) is 26.1 Å². The van der Waals surface area contributed by atoms with E-state index in [0.29, 0.717) is 11.9 Å². The van der Waals surface area contributed by atoms with Crippen molar-refractivity contribution in [2.75, 3.05) is 20.1 Å². The van der Waals surface area contributed by atoms with E-state index in [1.165, 1.54) is 0 Å². The van der Waals surface area contributed by atoms with Gasteiger partial charge in [0.15, 0.2) is 0 Å². The lowest BCUT2D eigenvalue weighted by Crippen LogP contribution is -2.48. The highest BCUT2D eigenvalue weighted by atomic mass is 16.2. The Morgan fingerprint density at radius 2 is 2.00 bits per heavy atom. The summed E-state index contributed by atoms with van der Waals surface area (Å²) >= 11 is 0. The molecule has 1 atom stereocenters. The van der Waals surface area contributed by atoms with Crippen molar-refractivity contribution < 1.29 is 4.79 Å². The van der Waals surface area contributed by atoms with E-state index >= 15 is 0 Å². The first-order valence-electron chi connectivity index (χ1n) is 6.49. The molecule has 0 spiro atoms. The third-order valence-electron chi connectivity index (χ3n) is 3.91. The second-order valence-corrected chi connectivity index (χ2v) is 5.36. The maximum Gasteiger partial charge on any atom is 0.228 e. The first-order chi connectivity index (χ1) is 7.51. The molecule has 94 valence electrons. The molecule has 1 heterocycles. The van der Waals surface area contributed by atoms with Gasteiger partial charge in [0.1, 0.15) is 0 Å². The van der Waals surface area contributed by atoms with Crippen LogP contribution in [-0.4, -0.2) is 37.0 Å². The first kappa shape index (κ1) is 13.5. The molecular weight excluding hydrogens is 200 g/mol. The third-order valence-corrected chi connectivity index (χ3v) is 3.91. The fourth-order valence-corrected chi connectivity index (χ4v) is 2.43. The van der Waals surface area contributed by atoms with E-state index in [0.717, 1.165) is 38.8 Å². The molecule has 1 amide bonds. The number of carbonyl (C=O) groups excluding carboxylic acids is 1. The molecule has 0 saturated carbocycles. The molecule has 1 aliphatic rings. The second kappa shape index (κ2) is 5.67. The largest absolute Gasteiger partial charge is 0.343 e. The van der Waals surface area contributed by atoms with Gasteiger partial charge in [-0.3, -0.25) is 4.79 Å². The lowest BCUT2D eigenvalue weighted by molar-refractivity contribution is -0.143. The fraction of sp³-hybridized carbons (Fsp3) is 0.923. The summed E-state index contributed by atoms with van der Waals surface area (Å²) < 4.78 is 0. The molecule has 1 fully saturated rings. The number of amides is 1. The average molecular weight is 226 g/mol. The molecule has 1 N–H and O–H groups in total. The standard InChI is InChI=1S/C13H26N2O/c1-5-6-11(2)15(4)12(16)13(3)7-9-14-10-8-13/h11,14H,5-10H2,1-4H3. The topological polar surface area (TPSA) is 32.3 Å². The zero-order valence-electron chi connectivity index (χ0n) is 11.2. The van der Waals surface area contributed by atoms with Crippen LogP contribution in [0, 0.1) is 5.41 Å². The van der Waals surface area contributed by atoms with Gasteiger partial charge in [0.05, 0.1) is 0 Å². The van der Waals surface area contributed by atoms with Gasteiger partial charge in [-0.05, 0) is 39.3 Å². The van der Waals surface area contributed by atoms with Crippen LogP contribution in [0.25, 0.3) is 0 Å². The van der Waals surface area contributed by atoms with Gasteiger partial charge in [0.25, 0.3) is 0 Å². The van der Waals surface area contributed by atoms with Crippen LogP contribution in [0.4, 0.5) is 0 Å². The maximum absolute atomic E-state index is 12.4. The van der Waals surface area contributed by atoms with E-state index in [4.69, 9.17) is 0 Å². The summed E-state index contributed by atoms with van der Waals surface area (Å²) in [5, 5.41) is 3.32. The molecule has 0 bridgehead atoms. The van der Waals surface area contributed by atoms with E-state index in [9.17, 15) is 4.79 Å². The molecule has 3 nitrogen and oxygen atoms in total. The molecule has 3 heteroatoms. The summed E-state index contributed by atoms with van der Waals surface area (Å²) in [5.74, 6) is 0.329. The molecule has 0 aliphatic carbocycles.